The van der Waals surface area contributed by atoms with Crippen molar-refractivity contribution in [2.24, 2.45) is 0 Å². The number of nitrogens with one attached hydrogen (secondary N) is 1. The SMILES string of the molecule is Cc1ccccc1CC(=O)Nc1ccccc1OCC#N. The van der Waals surface area contributed by atoms with Gasteiger partial charge >= 0.3 is 0 Å². The summed E-state index contributed by atoms with van der Waals surface area (Å²) in [4.78, 5) is 12.1. The van der Waals surface area contributed by atoms with Gasteiger partial charge in [-0.2, -0.15) is 5.26 Å². The summed E-state index contributed by atoms with van der Waals surface area (Å²) < 4.78 is 5.29. The average Bonchev–Trinajstić information content (AvgIpc) is 2.49. The Morgan fingerprint density at radius 2 is 1.90 bits per heavy atom. The van der Waals surface area contributed by atoms with Gasteiger partial charge < -0.3 is 10.1 Å². The van der Waals surface area contributed by atoms with E-state index < -0.39 is 0 Å². The molecule has 2 rings (SSSR count). The summed E-state index contributed by atoms with van der Waals surface area (Å²) in [7, 11) is 0. The Bertz CT molecular complexity index is 674. The predicted molar refractivity (Wildman–Crippen MR) is 81.1 cm³/mol. The Hall–Kier alpha value is -2.80. The van der Waals surface area contributed by atoms with Gasteiger partial charge in [0.15, 0.2) is 6.61 Å². The minimum absolute atomic E-state index is 0.0509. The molecule has 0 aromatic heterocycles. The van der Waals surface area contributed by atoms with E-state index in [0.717, 1.165) is 11.1 Å². The fraction of sp³-hybridized carbons (Fsp3) is 0.176. The number of hydrogen-bond donors (Lipinski definition) is 1. The third-order valence-corrected chi connectivity index (χ3v) is 3.07. The molecule has 0 bridgehead atoms. The number of carbonyl (C=O) groups excluding carboxylic acids is 1. The zero-order valence-corrected chi connectivity index (χ0v) is 11.8. The predicted octanol–water partition coefficient (Wildman–Crippen LogP) is 3.08. The van der Waals surface area contributed by atoms with Crippen LogP contribution in [-0.2, 0) is 11.2 Å². The molecule has 0 saturated carbocycles. The molecule has 0 unspecified atom stereocenters. The highest BCUT2D eigenvalue weighted by atomic mass is 16.5. The first kappa shape index (κ1) is 14.6. The van der Waals surface area contributed by atoms with Crippen molar-refractivity contribution >= 4 is 11.6 Å². The largest absolute Gasteiger partial charge is 0.477 e. The van der Waals surface area contributed by atoms with Crippen LogP contribution in [0.5, 0.6) is 5.75 Å². The molecule has 0 aliphatic heterocycles. The maximum absolute atomic E-state index is 12.1. The van der Waals surface area contributed by atoms with Gasteiger partial charge in [-0.05, 0) is 30.2 Å². The van der Waals surface area contributed by atoms with Crippen LogP contribution in [-0.4, -0.2) is 12.5 Å². The summed E-state index contributed by atoms with van der Waals surface area (Å²) in [5.74, 6) is 0.384. The van der Waals surface area contributed by atoms with Crippen molar-refractivity contribution < 1.29 is 9.53 Å². The van der Waals surface area contributed by atoms with Crippen molar-refractivity contribution in [3.63, 3.8) is 0 Å². The monoisotopic (exact) mass is 280 g/mol. The van der Waals surface area contributed by atoms with E-state index in [1.807, 2.05) is 43.3 Å². The fourth-order valence-corrected chi connectivity index (χ4v) is 1.98. The standard InChI is InChI=1S/C17H16N2O2/c1-13-6-2-3-7-14(13)12-17(20)19-15-8-4-5-9-16(15)21-11-10-18/h2-9H,11-12H2,1H3,(H,19,20). The van der Waals surface area contributed by atoms with E-state index in [9.17, 15) is 4.79 Å². The first-order valence-electron chi connectivity index (χ1n) is 6.64. The highest BCUT2D eigenvalue weighted by Crippen LogP contribution is 2.23. The van der Waals surface area contributed by atoms with E-state index in [1.54, 1.807) is 18.2 Å². The lowest BCUT2D eigenvalue weighted by Crippen LogP contribution is -2.15. The Kier molecular flexibility index (Phi) is 4.94. The number of nitriles is 1. The number of rotatable bonds is 5. The lowest BCUT2D eigenvalue weighted by molar-refractivity contribution is -0.115. The molecule has 0 aliphatic carbocycles. The van der Waals surface area contributed by atoms with Crippen LogP contribution in [0.15, 0.2) is 48.5 Å². The van der Waals surface area contributed by atoms with Gasteiger partial charge in [-0.3, -0.25) is 4.79 Å². The second-order valence-electron chi connectivity index (χ2n) is 4.59. The van der Waals surface area contributed by atoms with E-state index in [4.69, 9.17) is 10.00 Å². The number of amides is 1. The van der Waals surface area contributed by atoms with E-state index in [-0.39, 0.29) is 12.5 Å². The molecule has 2 aromatic rings. The number of ether oxygens (including phenoxy) is 1. The van der Waals surface area contributed by atoms with E-state index >= 15 is 0 Å². The first-order valence-corrected chi connectivity index (χ1v) is 6.64. The molecule has 0 heterocycles. The molecule has 106 valence electrons. The number of benzene rings is 2. The van der Waals surface area contributed by atoms with Gasteiger partial charge in [-0.25, -0.2) is 0 Å². The Morgan fingerprint density at radius 1 is 1.19 bits per heavy atom. The fourth-order valence-electron chi connectivity index (χ4n) is 1.98. The highest BCUT2D eigenvalue weighted by Gasteiger charge is 2.09. The molecule has 0 fully saturated rings. The van der Waals surface area contributed by atoms with Crippen LogP contribution >= 0.6 is 0 Å². The summed E-state index contributed by atoms with van der Waals surface area (Å²) in [5, 5.41) is 11.4. The molecule has 0 spiro atoms. The van der Waals surface area contributed by atoms with Crippen LogP contribution in [0.4, 0.5) is 5.69 Å². The van der Waals surface area contributed by atoms with Crippen LogP contribution in [0.1, 0.15) is 11.1 Å². The molecular weight excluding hydrogens is 264 g/mol. The zero-order valence-electron chi connectivity index (χ0n) is 11.8. The Labute approximate surface area is 124 Å². The quantitative estimate of drug-likeness (QED) is 0.915. The topological polar surface area (TPSA) is 62.1 Å². The molecular formula is C17H16N2O2. The zero-order chi connectivity index (χ0) is 15.1. The first-order chi connectivity index (χ1) is 10.2. The number of para-hydroxylation sites is 2. The number of hydrogen-bond acceptors (Lipinski definition) is 3. The minimum atomic E-state index is -0.114. The van der Waals surface area contributed by atoms with Crippen molar-refractivity contribution in [2.75, 3.05) is 11.9 Å². The molecule has 2 aromatic carbocycles. The Morgan fingerprint density at radius 3 is 2.67 bits per heavy atom. The number of aryl methyl sites for hydroxylation is 1. The van der Waals surface area contributed by atoms with Gasteiger partial charge in [-0.1, -0.05) is 36.4 Å². The van der Waals surface area contributed by atoms with E-state index in [0.29, 0.717) is 17.9 Å². The van der Waals surface area contributed by atoms with Crippen molar-refractivity contribution in [3.8, 4) is 11.8 Å². The van der Waals surface area contributed by atoms with Crippen LogP contribution in [0.2, 0.25) is 0 Å². The third kappa shape index (κ3) is 4.08. The summed E-state index contributed by atoms with van der Waals surface area (Å²) >= 11 is 0. The minimum Gasteiger partial charge on any atom is -0.477 e. The second-order valence-corrected chi connectivity index (χ2v) is 4.59. The summed E-state index contributed by atoms with van der Waals surface area (Å²) in [5.41, 5.74) is 2.65. The summed E-state index contributed by atoms with van der Waals surface area (Å²) in [6.45, 7) is 1.93. The van der Waals surface area contributed by atoms with Gasteiger partial charge in [0.1, 0.15) is 11.8 Å². The van der Waals surface area contributed by atoms with Crippen LogP contribution < -0.4 is 10.1 Å². The van der Waals surface area contributed by atoms with Gasteiger partial charge in [0, 0.05) is 0 Å². The smallest absolute Gasteiger partial charge is 0.228 e. The molecule has 4 nitrogen and oxygen atoms in total. The Balaban J connectivity index is 2.06. The normalized spacial score (nSPS) is 9.71. The highest BCUT2D eigenvalue weighted by molar-refractivity contribution is 5.93. The molecule has 21 heavy (non-hydrogen) atoms. The number of nitrogens with zero attached hydrogens (tertiary/aromatic N) is 1. The molecule has 1 N–H and O–H groups in total. The van der Waals surface area contributed by atoms with Crippen LogP contribution in [0.25, 0.3) is 0 Å². The molecule has 0 saturated heterocycles. The maximum Gasteiger partial charge on any atom is 0.228 e. The van der Waals surface area contributed by atoms with Gasteiger partial charge in [0.25, 0.3) is 0 Å². The summed E-state index contributed by atoms with van der Waals surface area (Å²) in [6.07, 6.45) is 0.305. The number of carbonyl (C=O) groups is 1. The van der Waals surface area contributed by atoms with Crippen molar-refractivity contribution in [3.05, 3.63) is 59.7 Å². The van der Waals surface area contributed by atoms with Crippen LogP contribution in [0.3, 0.4) is 0 Å². The van der Waals surface area contributed by atoms with E-state index in [1.165, 1.54) is 0 Å². The third-order valence-electron chi connectivity index (χ3n) is 3.07. The van der Waals surface area contributed by atoms with Crippen molar-refractivity contribution in [1.82, 2.24) is 0 Å². The lowest BCUT2D eigenvalue weighted by Gasteiger charge is -2.11. The van der Waals surface area contributed by atoms with Crippen molar-refractivity contribution in [1.29, 1.82) is 5.26 Å². The lowest BCUT2D eigenvalue weighted by atomic mass is 10.1. The maximum atomic E-state index is 12.1. The van der Waals surface area contributed by atoms with Gasteiger partial charge in [0.2, 0.25) is 5.91 Å². The summed E-state index contributed by atoms with van der Waals surface area (Å²) in [6, 6.07) is 16.8. The molecule has 0 atom stereocenters. The van der Waals surface area contributed by atoms with E-state index in [2.05, 4.69) is 5.32 Å². The van der Waals surface area contributed by atoms with Crippen molar-refractivity contribution in [2.45, 2.75) is 13.3 Å². The number of anilines is 1. The molecule has 4 heteroatoms. The average molecular weight is 280 g/mol. The van der Waals surface area contributed by atoms with Gasteiger partial charge in [0.05, 0.1) is 12.1 Å². The van der Waals surface area contributed by atoms with Crippen LogP contribution in [0, 0.1) is 18.3 Å². The molecule has 1 amide bonds. The molecule has 0 aliphatic rings. The van der Waals surface area contributed by atoms with Gasteiger partial charge in [-0.15, -0.1) is 0 Å². The second kappa shape index (κ2) is 7.11. The molecule has 0 radical (unpaired) electrons.